The number of nitrogens with zero attached hydrogens (tertiary/aromatic N) is 3. The monoisotopic (exact) mass is 360 g/mol. The number of halogens is 2. The molecule has 0 saturated carbocycles. The molecule has 5 nitrogen and oxygen atoms in total. The Kier molecular flexibility index (Phi) is 4.55. The Labute approximate surface area is 148 Å². The van der Waals surface area contributed by atoms with Crippen LogP contribution in [0.15, 0.2) is 41.6 Å². The van der Waals surface area contributed by atoms with E-state index >= 15 is 0 Å². The first-order valence-corrected chi connectivity index (χ1v) is 7.95. The molecule has 1 amide bonds. The second-order valence-electron chi connectivity index (χ2n) is 5.35. The van der Waals surface area contributed by atoms with Crippen molar-refractivity contribution in [1.29, 1.82) is 0 Å². The van der Waals surface area contributed by atoms with E-state index in [1.54, 1.807) is 29.5 Å². The van der Waals surface area contributed by atoms with Gasteiger partial charge in [0.15, 0.2) is 0 Å². The number of amides is 1. The number of aryl methyl sites for hydroxylation is 2. The smallest absolute Gasteiger partial charge is 0.290 e. The third-order valence-electron chi connectivity index (χ3n) is 3.48. The molecule has 1 aromatic carbocycles. The van der Waals surface area contributed by atoms with Crippen LogP contribution in [0.25, 0.3) is 5.65 Å². The maximum atomic E-state index is 12.4. The molecule has 0 aliphatic rings. The van der Waals surface area contributed by atoms with Crippen LogP contribution in [0.5, 0.6) is 0 Å². The molecular formula is C17H14Cl2N4O. The van der Waals surface area contributed by atoms with Crippen molar-refractivity contribution in [2.45, 2.75) is 13.8 Å². The van der Waals surface area contributed by atoms with Crippen LogP contribution in [0.2, 0.25) is 10.0 Å². The maximum Gasteiger partial charge on any atom is 0.290 e. The molecule has 3 aromatic rings. The van der Waals surface area contributed by atoms with E-state index < -0.39 is 0 Å². The number of aromatic nitrogens is 2. The minimum absolute atomic E-state index is 0.332. The van der Waals surface area contributed by atoms with Crippen LogP contribution >= 0.6 is 23.2 Å². The number of benzene rings is 1. The van der Waals surface area contributed by atoms with Gasteiger partial charge in [-0.15, -0.1) is 0 Å². The summed E-state index contributed by atoms with van der Waals surface area (Å²) in [5, 5.41) is 4.87. The predicted octanol–water partition coefficient (Wildman–Crippen LogP) is 4.02. The van der Waals surface area contributed by atoms with Crippen LogP contribution in [0.1, 0.15) is 27.3 Å². The SMILES string of the molecule is Cc1ccc2nc(C)c(C(=O)N/N=C\c3ccc(Cl)c(Cl)c3)n2c1. The molecule has 0 aliphatic carbocycles. The highest BCUT2D eigenvalue weighted by atomic mass is 35.5. The van der Waals surface area contributed by atoms with Crippen LogP contribution in [0, 0.1) is 13.8 Å². The minimum atomic E-state index is -0.332. The van der Waals surface area contributed by atoms with E-state index in [9.17, 15) is 4.79 Å². The van der Waals surface area contributed by atoms with E-state index in [2.05, 4.69) is 15.5 Å². The first-order valence-electron chi connectivity index (χ1n) is 7.19. The molecule has 3 rings (SSSR count). The van der Waals surface area contributed by atoms with Gasteiger partial charge in [-0.05, 0) is 43.2 Å². The highest BCUT2D eigenvalue weighted by Gasteiger charge is 2.16. The zero-order valence-corrected chi connectivity index (χ0v) is 14.6. The van der Waals surface area contributed by atoms with Gasteiger partial charge in [0.25, 0.3) is 5.91 Å². The molecule has 0 radical (unpaired) electrons. The summed E-state index contributed by atoms with van der Waals surface area (Å²) in [7, 11) is 0. The first kappa shape index (κ1) is 16.5. The maximum absolute atomic E-state index is 12.4. The van der Waals surface area contributed by atoms with E-state index in [0.29, 0.717) is 21.4 Å². The molecule has 0 spiro atoms. The lowest BCUT2D eigenvalue weighted by molar-refractivity contribution is 0.0948. The van der Waals surface area contributed by atoms with Crippen LogP contribution < -0.4 is 5.43 Å². The normalized spacial score (nSPS) is 11.3. The largest absolute Gasteiger partial charge is 0.295 e. The topological polar surface area (TPSA) is 58.8 Å². The summed E-state index contributed by atoms with van der Waals surface area (Å²) in [6, 6.07) is 8.92. The zero-order chi connectivity index (χ0) is 17.3. The van der Waals surface area contributed by atoms with Crippen LogP contribution in [0.4, 0.5) is 0 Å². The predicted molar refractivity (Wildman–Crippen MR) is 96.2 cm³/mol. The summed E-state index contributed by atoms with van der Waals surface area (Å²) in [6.07, 6.45) is 3.37. The van der Waals surface area contributed by atoms with Gasteiger partial charge in [0.2, 0.25) is 0 Å². The van der Waals surface area contributed by atoms with Crippen molar-refractivity contribution in [1.82, 2.24) is 14.8 Å². The van der Waals surface area contributed by atoms with Crippen LogP contribution in [-0.2, 0) is 0 Å². The Morgan fingerprint density at radius 1 is 1.21 bits per heavy atom. The van der Waals surface area contributed by atoms with E-state index in [1.165, 1.54) is 6.21 Å². The molecule has 0 unspecified atom stereocenters. The fraction of sp³-hybridized carbons (Fsp3) is 0.118. The highest BCUT2D eigenvalue weighted by Crippen LogP contribution is 2.21. The van der Waals surface area contributed by atoms with Crippen molar-refractivity contribution in [3.8, 4) is 0 Å². The Morgan fingerprint density at radius 3 is 2.75 bits per heavy atom. The van der Waals surface area contributed by atoms with Crippen LogP contribution in [-0.4, -0.2) is 21.5 Å². The van der Waals surface area contributed by atoms with Crippen molar-refractivity contribution in [2.24, 2.45) is 5.10 Å². The Bertz CT molecular complexity index is 963. The number of hydrazone groups is 1. The number of hydrogen-bond donors (Lipinski definition) is 1. The van der Waals surface area contributed by atoms with E-state index in [-0.39, 0.29) is 5.91 Å². The van der Waals surface area contributed by atoms with E-state index in [1.807, 2.05) is 25.3 Å². The molecule has 0 bridgehead atoms. The fourth-order valence-corrected chi connectivity index (χ4v) is 2.66. The number of fused-ring (bicyclic) bond motifs is 1. The molecule has 1 N–H and O–H groups in total. The van der Waals surface area contributed by atoms with Crippen molar-refractivity contribution in [3.63, 3.8) is 0 Å². The summed E-state index contributed by atoms with van der Waals surface area (Å²) in [6.45, 7) is 3.75. The van der Waals surface area contributed by atoms with Gasteiger partial charge >= 0.3 is 0 Å². The van der Waals surface area contributed by atoms with Gasteiger partial charge in [0.1, 0.15) is 11.3 Å². The average Bonchev–Trinajstić information content (AvgIpc) is 2.86. The quantitative estimate of drug-likeness (QED) is 0.566. The van der Waals surface area contributed by atoms with Gasteiger partial charge in [0, 0.05) is 6.20 Å². The number of carbonyl (C=O) groups excluding carboxylic acids is 1. The number of nitrogens with one attached hydrogen (secondary N) is 1. The van der Waals surface area contributed by atoms with Gasteiger partial charge in [-0.3, -0.25) is 9.20 Å². The van der Waals surface area contributed by atoms with Crippen LogP contribution in [0.3, 0.4) is 0 Å². The molecule has 7 heteroatoms. The summed E-state index contributed by atoms with van der Waals surface area (Å²) in [4.78, 5) is 16.8. The minimum Gasteiger partial charge on any atom is -0.295 e. The van der Waals surface area contributed by atoms with Gasteiger partial charge < -0.3 is 0 Å². The number of hydrogen-bond acceptors (Lipinski definition) is 3. The Balaban J connectivity index is 1.82. The first-order chi connectivity index (χ1) is 11.5. The van der Waals surface area contributed by atoms with Crippen molar-refractivity contribution in [3.05, 3.63) is 69.1 Å². The van der Waals surface area contributed by atoms with Crippen molar-refractivity contribution in [2.75, 3.05) is 0 Å². The molecular weight excluding hydrogens is 347 g/mol. The lowest BCUT2D eigenvalue weighted by Gasteiger charge is -2.03. The highest BCUT2D eigenvalue weighted by molar-refractivity contribution is 6.42. The van der Waals surface area contributed by atoms with Gasteiger partial charge in [-0.25, -0.2) is 10.4 Å². The lowest BCUT2D eigenvalue weighted by Crippen LogP contribution is -2.20. The molecule has 0 saturated heterocycles. The number of pyridine rings is 1. The third kappa shape index (κ3) is 3.27. The molecule has 2 heterocycles. The second-order valence-corrected chi connectivity index (χ2v) is 6.17. The number of rotatable bonds is 3. The Hall–Kier alpha value is -2.37. The summed E-state index contributed by atoms with van der Waals surface area (Å²) in [5.74, 6) is -0.332. The summed E-state index contributed by atoms with van der Waals surface area (Å²) in [5.41, 5.74) is 6.10. The molecule has 2 aromatic heterocycles. The Morgan fingerprint density at radius 2 is 2.00 bits per heavy atom. The van der Waals surface area contributed by atoms with Gasteiger partial charge in [0.05, 0.1) is 22.0 Å². The molecule has 0 fully saturated rings. The molecule has 0 aliphatic heterocycles. The molecule has 122 valence electrons. The number of imidazole rings is 1. The second kappa shape index (κ2) is 6.63. The van der Waals surface area contributed by atoms with Gasteiger partial charge in [-0.1, -0.05) is 35.3 Å². The summed E-state index contributed by atoms with van der Waals surface area (Å²) < 4.78 is 1.76. The van der Waals surface area contributed by atoms with Gasteiger partial charge in [-0.2, -0.15) is 5.10 Å². The molecule has 0 atom stereocenters. The van der Waals surface area contributed by atoms with Crippen molar-refractivity contribution < 1.29 is 4.79 Å². The van der Waals surface area contributed by atoms with E-state index in [4.69, 9.17) is 23.2 Å². The average molecular weight is 361 g/mol. The third-order valence-corrected chi connectivity index (χ3v) is 4.22. The summed E-state index contributed by atoms with van der Waals surface area (Å²) >= 11 is 11.8. The molecule has 24 heavy (non-hydrogen) atoms. The zero-order valence-electron chi connectivity index (χ0n) is 13.0. The lowest BCUT2D eigenvalue weighted by atomic mass is 10.2. The standard InChI is InChI=1S/C17H14Cl2N4O/c1-10-3-6-15-21-11(2)16(23(15)9-10)17(24)22-20-8-12-4-5-13(18)14(19)7-12/h3-9H,1-2H3,(H,22,24)/b20-8-. The number of carbonyl (C=O) groups is 1. The van der Waals surface area contributed by atoms with Crippen molar-refractivity contribution >= 4 is 41.0 Å². The fourth-order valence-electron chi connectivity index (χ4n) is 2.35. The van der Waals surface area contributed by atoms with E-state index in [0.717, 1.165) is 16.8 Å².